The molecule has 0 saturated carbocycles. The number of esters is 3. The van der Waals surface area contributed by atoms with E-state index in [1.807, 2.05) is 6.08 Å². The number of hydrogen-bond donors (Lipinski definition) is 0. The van der Waals surface area contributed by atoms with Gasteiger partial charge in [-0.05, 0) is 64.2 Å². The van der Waals surface area contributed by atoms with Crippen LogP contribution in [0.2, 0.25) is 0 Å². The summed E-state index contributed by atoms with van der Waals surface area (Å²) in [5, 5.41) is 0. The highest BCUT2D eigenvalue weighted by atomic mass is 16.6. The molecular weight excluding hydrogens is 721 g/mol. The number of hydrogen-bond acceptors (Lipinski definition) is 6. The number of ether oxygens (including phenoxy) is 3. The van der Waals surface area contributed by atoms with Gasteiger partial charge in [-0.15, -0.1) is 0 Å². The highest BCUT2D eigenvalue weighted by Gasteiger charge is 2.19. The molecule has 6 heteroatoms. The maximum atomic E-state index is 12.7. The van der Waals surface area contributed by atoms with Crippen LogP contribution in [0.3, 0.4) is 0 Å². The van der Waals surface area contributed by atoms with Gasteiger partial charge in [-0.1, -0.05) is 211 Å². The van der Waals surface area contributed by atoms with Crippen molar-refractivity contribution in [2.75, 3.05) is 13.2 Å². The summed E-state index contributed by atoms with van der Waals surface area (Å²) < 4.78 is 16.7. The molecule has 0 saturated heterocycles. The Hall–Kier alpha value is -2.37. The third-order valence-electron chi connectivity index (χ3n) is 10.9. The summed E-state index contributed by atoms with van der Waals surface area (Å²) in [6, 6.07) is 0. The van der Waals surface area contributed by atoms with E-state index >= 15 is 0 Å². The van der Waals surface area contributed by atoms with Crippen molar-refractivity contribution in [1.29, 1.82) is 0 Å². The zero-order valence-electron chi connectivity index (χ0n) is 38.6. The molecule has 0 spiro atoms. The van der Waals surface area contributed by atoms with E-state index in [9.17, 15) is 14.4 Å². The number of carbonyl (C=O) groups is 3. The first kappa shape index (κ1) is 55.6. The van der Waals surface area contributed by atoms with Crippen molar-refractivity contribution in [2.24, 2.45) is 0 Å². The van der Waals surface area contributed by atoms with Gasteiger partial charge in [0.25, 0.3) is 0 Å². The topological polar surface area (TPSA) is 78.9 Å². The van der Waals surface area contributed by atoms with Gasteiger partial charge in [-0.25, -0.2) is 0 Å². The number of allylic oxidation sites excluding steroid dienone is 6. The molecule has 0 aromatic heterocycles. The number of rotatable bonds is 45. The van der Waals surface area contributed by atoms with E-state index in [2.05, 4.69) is 51.2 Å². The Bertz CT molecular complexity index is 984. The van der Waals surface area contributed by atoms with Crippen molar-refractivity contribution in [3.8, 4) is 0 Å². The fraction of sp³-hybridized carbons (Fsp3) is 0.827. The minimum Gasteiger partial charge on any atom is -0.462 e. The first-order valence-electron chi connectivity index (χ1n) is 25.0. The molecule has 338 valence electrons. The fourth-order valence-corrected chi connectivity index (χ4v) is 7.08. The van der Waals surface area contributed by atoms with E-state index in [0.717, 1.165) is 51.4 Å². The minimum absolute atomic E-state index is 0.0932. The van der Waals surface area contributed by atoms with E-state index in [4.69, 9.17) is 14.2 Å². The molecule has 58 heavy (non-hydrogen) atoms. The quantitative estimate of drug-likeness (QED) is 0.0264. The lowest BCUT2D eigenvalue weighted by Gasteiger charge is -2.18. The van der Waals surface area contributed by atoms with Crippen molar-refractivity contribution in [3.05, 3.63) is 36.5 Å². The van der Waals surface area contributed by atoms with Crippen LogP contribution in [-0.2, 0) is 28.6 Å². The maximum Gasteiger partial charge on any atom is 0.306 e. The molecule has 0 aliphatic carbocycles. The van der Waals surface area contributed by atoms with Crippen LogP contribution in [0, 0.1) is 0 Å². The fourth-order valence-electron chi connectivity index (χ4n) is 7.08. The van der Waals surface area contributed by atoms with Crippen LogP contribution in [0.5, 0.6) is 0 Å². The van der Waals surface area contributed by atoms with E-state index in [1.165, 1.54) is 161 Å². The molecule has 0 aromatic rings. The first-order chi connectivity index (χ1) is 28.5. The van der Waals surface area contributed by atoms with Crippen LogP contribution in [0.4, 0.5) is 0 Å². The summed E-state index contributed by atoms with van der Waals surface area (Å²) in [6.45, 7) is 6.57. The second-order valence-electron chi connectivity index (χ2n) is 16.7. The van der Waals surface area contributed by atoms with Crippen molar-refractivity contribution in [1.82, 2.24) is 0 Å². The Labute approximate surface area is 359 Å². The van der Waals surface area contributed by atoms with Crippen LogP contribution in [0.15, 0.2) is 36.5 Å². The van der Waals surface area contributed by atoms with Crippen molar-refractivity contribution < 1.29 is 28.6 Å². The van der Waals surface area contributed by atoms with Gasteiger partial charge in [0, 0.05) is 19.3 Å². The molecule has 0 aliphatic heterocycles. The zero-order chi connectivity index (χ0) is 42.3. The predicted octanol–water partition coefficient (Wildman–Crippen LogP) is 16.1. The van der Waals surface area contributed by atoms with E-state index in [-0.39, 0.29) is 37.5 Å². The largest absolute Gasteiger partial charge is 0.462 e. The van der Waals surface area contributed by atoms with Crippen LogP contribution >= 0.6 is 0 Å². The van der Waals surface area contributed by atoms with Gasteiger partial charge in [0.2, 0.25) is 0 Å². The summed E-state index contributed by atoms with van der Waals surface area (Å²) in [7, 11) is 0. The molecule has 0 radical (unpaired) electrons. The van der Waals surface area contributed by atoms with E-state index < -0.39 is 6.10 Å². The predicted molar refractivity (Wildman–Crippen MR) is 247 cm³/mol. The van der Waals surface area contributed by atoms with Gasteiger partial charge in [0.05, 0.1) is 0 Å². The van der Waals surface area contributed by atoms with Crippen LogP contribution < -0.4 is 0 Å². The lowest BCUT2D eigenvalue weighted by atomic mass is 10.0. The van der Waals surface area contributed by atoms with Gasteiger partial charge in [-0.3, -0.25) is 14.4 Å². The normalized spacial score (nSPS) is 12.3. The van der Waals surface area contributed by atoms with Crippen molar-refractivity contribution in [3.63, 3.8) is 0 Å². The summed E-state index contributed by atoms with van der Waals surface area (Å²) >= 11 is 0. The standard InChI is InChI=1S/C52H94O6/c1-4-7-10-13-16-19-22-25-26-28-30-33-36-39-42-45-51(54)57-48-49(47-56-50(53)44-41-38-35-32-29-24-21-18-15-12-9-6-3)58-52(55)46-43-40-37-34-31-27-23-20-17-14-11-8-5-2/h19,22,27,31,37,40,49H,4-18,20-21,23-26,28-30,32-36,38-39,41-48H2,1-3H3/b22-19-,31-27-,40-37-. The molecule has 0 N–H and O–H groups in total. The SMILES string of the molecule is CCCCCC/C=C\CCCCCCCCCC(=O)OCC(COC(=O)CCCCCCCCCCCCCC)OC(=O)CC/C=C\C/C=C\CCCCCCCC. The number of unbranched alkanes of at least 4 members (excludes halogenated alkanes) is 28. The molecule has 0 rings (SSSR count). The van der Waals surface area contributed by atoms with E-state index in [0.29, 0.717) is 19.3 Å². The Morgan fingerprint density at radius 2 is 0.655 bits per heavy atom. The summed E-state index contributed by atoms with van der Waals surface area (Å²) in [6.07, 6.45) is 54.2. The van der Waals surface area contributed by atoms with E-state index in [1.54, 1.807) is 0 Å². The molecule has 1 atom stereocenters. The monoisotopic (exact) mass is 815 g/mol. The molecule has 0 fully saturated rings. The molecular formula is C52H94O6. The second kappa shape index (κ2) is 47.3. The first-order valence-corrected chi connectivity index (χ1v) is 25.0. The van der Waals surface area contributed by atoms with Gasteiger partial charge in [0.15, 0.2) is 6.10 Å². The molecule has 0 amide bonds. The lowest BCUT2D eigenvalue weighted by Crippen LogP contribution is -2.30. The van der Waals surface area contributed by atoms with Crippen LogP contribution in [0.25, 0.3) is 0 Å². The average Bonchev–Trinajstić information content (AvgIpc) is 3.22. The Morgan fingerprint density at radius 3 is 1.05 bits per heavy atom. The Morgan fingerprint density at radius 1 is 0.345 bits per heavy atom. The highest BCUT2D eigenvalue weighted by molar-refractivity contribution is 5.71. The number of carbonyl (C=O) groups excluding carboxylic acids is 3. The minimum atomic E-state index is -0.799. The second-order valence-corrected chi connectivity index (χ2v) is 16.7. The third-order valence-corrected chi connectivity index (χ3v) is 10.9. The molecule has 0 bridgehead atoms. The summed E-state index contributed by atoms with van der Waals surface area (Å²) in [5.41, 5.74) is 0. The summed E-state index contributed by atoms with van der Waals surface area (Å²) in [4.78, 5) is 37.8. The smallest absolute Gasteiger partial charge is 0.306 e. The summed E-state index contributed by atoms with van der Waals surface area (Å²) in [5.74, 6) is -0.959. The molecule has 0 aliphatic rings. The van der Waals surface area contributed by atoms with Gasteiger partial charge in [0.1, 0.15) is 13.2 Å². The molecule has 1 unspecified atom stereocenters. The Balaban J connectivity index is 4.42. The zero-order valence-corrected chi connectivity index (χ0v) is 38.6. The molecule has 0 aromatic carbocycles. The Kier molecular flexibility index (Phi) is 45.4. The average molecular weight is 815 g/mol. The van der Waals surface area contributed by atoms with Gasteiger partial charge < -0.3 is 14.2 Å². The maximum absolute atomic E-state index is 12.7. The third kappa shape index (κ3) is 44.7. The van der Waals surface area contributed by atoms with Crippen LogP contribution in [-0.4, -0.2) is 37.2 Å². The highest BCUT2D eigenvalue weighted by Crippen LogP contribution is 2.15. The van der Waals surface area contributed by atoms with Crippen molar-refractivity contribution >= 4 is 17.9 Å². The lowest BCUT2D eigenvalue weighted by molar-refractivity contribution is -0.166. The van der Waals surface area contributed by atoms with Gasteiger partial charge >= 0.3 is 17.9 Å². The van der Waals surface area contributed by atoms with Crippen LogP contribution in [0.1, 0.15) is 258 Å². The van der Waals surface area contributed by atoms with Gasteiger partial charge in [-0.2, -0.15) is 0 Å². The molecule has 0 heterocycles. The molecule has 6 nitrogen and oxygen atoms in total. The van der Waals surface area contributed by atoms with Crippen molar-refractivity contribution in [2.45, 2.75) is 264 Å².